The Kier molecular flexibility index (Phi) is 5.28. The maximum absolute atomic E-state index is 10.8. The fraction of sp³-hybridized carbons (Fsp3) is 0.364. The topological polar surface area (TPSA) is 127 Å². The Hall–Kier alpha value is -1.64. The Morgan fingerprint density at radius 1 is 1.53 bits per heavy atom. The van der Waals surface area contributed by atoms with Crippen LogP contribution >= 0.6 is 11.8 Å². The summed E-state index contributed by atoms with van der Waals surface area (Å²) >= 11 is 0.886. The third-order valence-electron chi connectivity index (χ3n) is 2.41. The monoisotopic (exact) mass is 286 g/mol. The van der Waals surface area contributed by atoms with E-state index in [4.69, 9.17) is 5.73 Å². The number of carbonyl (C=O) groups is 1. The fourth-order valence-electron chi connectivity index (χ4n) is 1.44. The molecule has 104 valence electrons. The summed E-state index contributed by atoms with van der Waals surface area (Å²) in [7, 11) is 0. The zero-order valence-corrected chi connectivity index (χ0v) is 11.0. The molecule has 2 atom stereocenters. The van der Waals surface area contributed by atoms with Gasteiger partial charge in [0.2, 0.25) is 0 Å². The van der Waals surface area contributed by atoms with Gasteiger partial charge < -0.3 is 15.9 Å². The first-order chi connectivity index (χ1) is 8.82. The molecule has 4 N–H and O–H groups in total. The molecular weight excluding hydrogens is 272 g/mol. The van der Waals surface area contributed by atoms with Gasteiger partial charge in [-0.3, -0.25) is 14.9 Å². The van der Waals surface area contributed by atoms with E-state index >= 15 is 0 Å². The number of carbonyl (C=O) groups excluding carboxylic acids is 1. The van der Waals surface area contributed by atoms with Crippen molar-refractivity contribution in [2.45, 2.75) is 19.1 Å². The van der Waals surface area contributed by atoms with E-state index in [2.05, 4.69) is 0 Å². The Morgan fingerprint density at radius 2 is 2.16 bits per heavy atom. The van der Waals surface area contributed by atoms with E-state index in [1.807, 2.05) is 0 Å². The minimum atomic E-state index is -1.25. The van der Waals surface area contributed by atoms with Gasteiger partial charge in [-0.15, -0.1) is 0 Å². The van der Waals surface area contributed by atoms with Gasteiger partial charge in [-0.05, 0) is 17.7 Å². The summed E-state index contributed by atoms with van der Waals surface area (Å²) in [5.74, 6) is 0.0351. The Labute approximate surface area is 113 Å². The van der Waals surface area contributed by atoms with Crippen LogP contribution in [0, 0.1) is 10.1 Å². The highest BCUT2D eigenvalue weighted by Gasteiger charge is 2.21. The fourth-order valence-corrected chi connectivity index (χ4v) is 2.03. The summed E-state index contributed by atoms with van der Waals surface area (Å²) in [6.45, 7) is 1.35. The van der Waals surface area contributed by atoms with Gasteiger partial charge in [0.25, 0.3) is 5.69 Å². The highest BCUT2D eigenvalue weighted by Crippen LogP contribution is 2.27. The van der Waals surface area contributed by atoms with Crippen molar-refractivity contribution in [1.82, 2.24) is 0 Å². The minimum absolute atomic E-state index is 0.0351. The van der Waals surface area contributed by atoms with Crippen molar-refractivity contribution < 1.29 is 19.9 Å². The molecule has 19 heavy (non-hydrogen) atoms. The van der Waals surface area contributed by atoms with Crippen LogP contribution < -0.4 is 5.73 Å². The van der Waals surface area contributed by atoms with Crippen LogP contribution in [0.5, 0.6) is 0 Å². The molecule has 0 saturated heterocycles. The largest absolute Gasteiger partial charge is 0.393 e. The molecular formula is C11H14N2O5S. The second-order valence-corrected chi connectivity index (χ2v) is 5.09. The molecule has 0 amide bonds. The smallest absolute Gasteiger partial charge is 0.292 e. The SMILES string of the molecule is CC(=O)SCC(O)C(O)c1ccc([N+](=O)[O-])c(N)c1. The number of hydrogen-bond acceptors (Lipinski definition) is 7. The van der Waals surface area contributed by atoms with Crippen molar-refractivity contribution in [3.8, 4) is 0 Å². The number of nitro benzene ring substituents is 1. The van der Waals surface area contributed by atoms with Gasteiger partial charge in [0.1, 0.15) is 11.8 Å². The van der Waals surface area contributed by atoms with Gasteiger partial charge in [0.05, 0.1) is 11.0 Å². The van der Waals surface area contributed by atoms with Crippen LogP contribution in [0.4, 0.5) is 11.4 Å². The quantitative estimate of drug-likeness (QED) is 0.416. The normalized spacial score (nSPS) is 13.8. The molecule has 0 fully saturated rings. The van der Waals surface area contributed by atoms with Crippen molar-refractivity contribution in [1.29, 1.82) is 0 Å². The lowest BCUT2D eigenvalue weighted by Crippen LogP contribution is -2.21. The molecule has 0 aromatic heterocycles. The van der Waals surface area contributed by atoms with Gasteiger partial charge in [-0.25, -0.2) is 0 Å². The number of benzene rings is 1. The average Bonchev–Trinajstić information content (AvgIpc) is 2.34. The maximum atomic E-state index is 10.8. The number of aliphatic hydroxyl groups is 2. The van der Waals surface area contributed by atoms with E-state index in [0.717, 1.165) is 11.8 Å². The van der Waals surface area contributed by atoms with Gasteiger partial charge in [-0.1, -0.05) is 11.8 Å². The predicted octanol–water partition coefficient (Wildman–Crippen LogP) is 0.851. The number of thioether (sulfide) groups is 1. The summed E-state index contributed by atoms with van der Waals surface area (Å²) in [6, 6.07) is 3.73. The lowest BCUT2D eigenvalue weighted by Gasteiger charge is -2.17. The zero-order valence-electron chi connectivity index (χ0n) is 10.1. The molecule has 0 heterocycles. The summed E-state index contributed by atoms with van der Waals surface area (Å²) in [5.41, 5.74) is 5.40. The zero-order chi connectivity index (χ0) is 14.6. The molecule has 0 radical (unpaired) electrons. The van der Waals surface area contributed by atoms with Crippen LogP contribution in [-0.2, 0) is 4.79 Å². The lowest BCUT2D eigenvalue weighted by atomic mass is 10.0. The Bertz CT molecular complexity index is 494. The van der Waals surface area contributed by atoms with Gasteiger partial charge in [0, 0.05) is 18.7 Å². The predicted molar refractivity (Wildman–Crippen MR) is 71.6 cm³/mol. The Balaban J connectivity index is 2.82. The lowest BCUT2D eigenvalue weighted by molar-refractivity contribution is -0.383. The summed E-state index contributed by atoms with van der Waals surface area (Å²) < 4.78 is 0. The van der Waals surface area contributed by atoms with Gasteiger partial charge >= 0.3 is 0 Å². The van der Waals surface area contributed by atoms with E-state index in [0.29, 0.717) is 0 Å². The number of aliphatic hydroxyl groups excluding tert-OH is 2. The highest BCUT2D eigenvalue weighted by molar-refractivity contribution is 8.13. The first kappa shape index (κ1) is 15.4. The molecule has 0 saturated carbocycles. The highest BCUT2D eigenvalue weighted by atomic mass is 32.2. The molecule has 8 heteroatoms. The second kappa shape index (κ2) is 6.50. The first-order valence-corrected chi connectivity index (χ1v) is 6.34. The number of rotatable bonds is 5. The molecule has 0 bridgehead atoms. The van der Waals surface area contributed by atoms with Crippen LogP contribution in [-0.4, -0.2) is 32.1 Å². The number of anilines is 1. The standard InChI is InChI=1S/C11H14N2O5S/c1-6(14)19-5-10(15)11(16)7-2-3-9(13(17)18)8(12)4-7/h2-4,10-11,15-16H,5,12H2,1H3. The number of nitrogen functional groups attached to an aromatic ring is 1. The van der Waals surface area contributed by atoms with Crippen LogP contribution in [0.25, 0.3) is 0 Å². The Morgan fingerprint density at radius 3 is 2.63 bits per heavy atom. The van der Waals surface area contributed by atoms with Gasteiger partial charge in [0.15, 0.2) is 5.12 Å². The molecule has 1 aromatic carbocycles. The van der Waals surface area contributed by atoms with Crippen molar-refractivity contribution in [3.63, 3.8) is 0 Å². The molecule has 7 nitrogen and oxygen atoms in total. The van der Waals surface area contributed by atoms with Crippen molar-refractivity contribution in [2.75, 3.05) is 11.5 Å². The van der Waals surface area contributed by atoms with Crippen LogP contribution in [0.15, 0.2) is 18.2 Å². The maximum Gasteiger partial charge on any atom is 0.292 e. The van der Waals surface area contributed by atoms with Crippen molar-refractivity contribution in [2.24, 2.45) is 0 Å². The molecule has 1 aromatic rings. The second-order valence-electron chi connectivity index (χ2n) is 3.89. The van der Waals surface area contributed by atoms with E-state index < -0.39 is 17.1 Å². The molecule has 0 aliphatic rings. The van der Waals surface area contributed by atoms with Crippen molar-refractivity contribution in [3.05, 3.63) is 33.9 Å². The number of nitrogens with two attached hydrogens (primary N) is 1. The summed E-state index contributed by atoms with van der Waals surface area (Å²) in [6.07, 6.45) is -2.41. The number of nitro groups is 1. The summed E-state index contributed by atoms with van der Waals surface area (Å²) in [4.78, 5) is 20.7. The van der Waals surface area contributed by atoms with Crippen LogP contribution in [0.1, 0.15) is 18.6 Å². The van der Waals surface area contributed by atoms with E-state index in [1.54, 1.807) is 0 Å². The van der Waals surface area contributed by atoms with Crippen LogP contribution in [0.2, 0.25) is 0 Å². The number of hydrogen-bond donors (Lipinski definition) is 3. The van der Waals surface area contributed by atoms with Gasteiger partial charge in [-0.2, -0.15) is 0 Å². The molecule has 0 spiro atoms. The molecule has 1 rings (SSSR count). The summed E-state index contributed by atoms with van der Waals surface area (Å²) in [5, 5.41) is 30.0. The van der Waals surface area contributed by atoms with E-state index in [9.17, 15) is 25.1 Å². The third-order valence-corrected chi connectivity index (χ3v) is 3.33. The van der Waals surface area contributed by atoms with Crippen molar-refractivity contribution >= 4 is 28.3 Å². The molecule has 2 unspecified atom stereocenters. The minimum Gasteiger partial charge on any atom is -0.393 e. The van der Waals surface area contributed by atoms with Crippen LogP contribution in [0.3, 0.4) is 0 Å². The number of nitrogens with zero attached hydrogens (tertiary/aromatic N) is 1. The first-order valence-electron chi connectivity index (χ1n) is 5.36. The van der Waals surface area contributed by atoms with E-state index in [1.165, 1.54) is 25.1 Å². The van der Waals surface area contributed by atoms with E-state index in [-0.39, 0.29) is 27.8 Å². The molecule has 0 aliphatic heterocycles. The average molecular weight is 286 g/mol. The molecule has 0 aliphatic carbocycles. The third kappa shape index (κ3) is 4.19.